The van der Waals surface area contributed by atoms with Crippen molar-refractivity contribution in [1.82, 2.24) is 30.1 Å². The first-order valence-corrected chi connectivity index (χ1v) is 7.33. The van der Waals surface area contributed by atoms with Crippen molar-refractivity contribution in [3.8, 4) is 5.69 Å². The molecule has 0 spiro atoms. The van der Waals surface area contributed by atoms with E-state index < -0.39 is 0 Å². The van der Waals surface area contributed by atoms with Gasteiger partial charge in [-0.1, -0.05) is 23.4 Å². The Bertz CT molecular complexity index is 714. The molecule has 0 amide bonds. The van der Waals surface area contributed by atoms with E-state index in [0.717, 1.165) is 21.7 Å². The van der Waals surface area contributed by atoms with Gasteiger partial charge >= 0.3 is 0 Å². The van der Waals surface area contributed by atoms with Crippen LogP contribution < -0.4 is 5.32 Å². The van der Waals surface area contributed by atoms with Gasteiger partial charge in [-0.2, -0.15) is 5.10 Å². The van der Waals surface area contributed by atoms with Gasteiger partial charge in [0.05, 0.1) is 23.1 Å². The van der Waals surface area contributed by atoms with Gasteiger partial charge in [-0.25, -0.2) is 9.36 Å². The number of halogens is 1. The molecule has 1 aromatic carbocycles. The van der Waals surface area contributed by atoms with E-state index in [1.807, 2.05) is 61.4 Å². The van der Waals surface area contributed by atoms with Gasteiger partial charge < -0.3 is 5.32 Å². The minimum Gasteiger partial charge on any atom is -0.307 e. The normalized spacial score (nSPS) is 12.5. The molecule has 1 unspecified atom stereocenters. The minimum absolute atomic E-state index is 0.0793. The highest BCUT2D eigenvalue weighted by molar-refractivity contribution is 9.10. The van der Waals surface area contributed by atoms with Gasteiger partial charge in [0.1, 0.15) is 0 Å². The number of nitrogens with zero attached hydrogens (tertiary/aromatic N) is 5. The molecule has 21 heavy (non-hydrogen) atoms. The zero-order valence-corrected chi connectivity index (χ0v) is 13.3. The van der Waals surface area contributed by atoms with Crippen molar-refractivity contribution in [3.05, 3.63) is 58.6 Å². The third-order valence-electron chi connectivity index (χ3n) is 3.31. The summed E-state index contributed by atoms with van der Waals surface area (Å²) < 4.78 is 4.32. The molecule has 6 nitrogen and oxygen atoms in total. The average Bonchev–Trinajstić information content (AvgIpc) is 3.11. The van der Waals surface area contributed by atoms with Crippen LogP contribution in [0.25, 0.3) is 5.69 Å². The molecule has 3 rings (SSSR count). The molecule has 0 aliphatic rings. The van der Waals surface area contributed by atoms with E-state index in [0.29, 0.717) is 0 Å². The second-order valence-electron chi connectivity index (χ2n) is 4.63. The van der Waals surface area contributed by atoms with E-state index in [1.54, 1.807) is 4.68 Å². The summed E-state index contributed by atoms with van der Waals surface area (Å²) in [5, 5.41) is 16.0. The number of aryl methyl sites for hydroxylation is 1. The molecule has 1 N–H and O–H groups in total. The zero-order valence-electron chi connectivity index (χ0n) is 11.7. The first-order valence-electron chi connectivity index (χ1n) is 6.54. The second kappa shape index (κ2) is 5.79. The van der Waals surface area contributed by atoms with Gasteiger partial charge in [-0.15, -0.1) is 5.10 Å². The van der Waals surface area contributed by atoms with Crippen molar-refractivity contribution in [1.29, 1.82) is 0 Å². The van der Waals surface area contributed by atoms with E-state index in [-0.39, 0.29) is 6.04 Å². The fourth-order valence-electron chi connectivity index (χ4n) is 2.29. The van der Waals surface area contributed by atoms with Gasteiger partial charge in [0.15, 0.2) is 4.60 Å². The maximum atomic E-state index is 4.65. The van der Waals surface area contributed by atoms with Crippen molar-refractivity contribution in [2.24, 2.45) is 7.05 Å². The fourth-order valence-corrected chi connectivity index (χ4v) is 2.84. The molecule has 2 heterocycles. The number of hydrogen-bond acceptors (Lipinski definition) is 4. The number of rotatable bonds is 4. The standard InChI is InChI=1S/C14H15BrN6/c1-16-12(13-14(15)17-19-20(13)2)11-8-9-21(18-11)10-6-4-3-5-7-10/h3-9,12,16H,1-2H3. The summed E-state index contributed by atoms with van der Waals surface area (Å²) in [6, 6.07) is 11.9. The van der Waals surface area contributed by atoms with Gasteiger partial charge in [-0.05, 0) is 41.2 Å². The van der Waals surface area contributed by atoms with Crippen LogP contribution in [0.4, 0.5) is 0 Å². The van der Waals surface area contributed by atoms with E-state index in [2.05, 4.69) is 36.7 Å². The Morgan fingerprint density at radius 1 is 1.19 bits per heavy atom. The predicted molar refractivity (Wildman–Crippen MR) is 83.2 cm³/mol. The Kier molecular flexibility index (Phi) is 3.85. The molecule has 7 heteroatoms. The summed E-state index contributed by atoms with van der Waals surface area (Å²) in [4.78, 5) is 0. The quantitative estimate of drug-likeness (QED) is 0.785. The lowest BCUT2D eigenvalue weighted by Gasteiger charge is -2.14. The molecular formula is C14H15BrN6. The Hall–Kier alpha value is -1.99. The lowest BCUT2D eigenvalue weighted by atomic mass is 10.1. The van der Waals surface area contributed by atoms with Crippen molar-refractivity contribution in [2.75, 3.05) is 7.05 Å². The van der Waals surface area contributed by atoms with Crippen molar-refractivity contribution in [3.63, 3.8) is 0 Å². The maximum absolute atomic E-state index is 4.65. The fraction of sp³-hybridized carbons (Fsp3) is 0.214. The number of nitrogens with one attached hydrogen (secondary N) is 1. The summed E-state index contributed by atoms with van der Waals surface area (Å²) in [5.41, 5.74) is 2.88. The van der Waals surface area contributed by atoms with Crippen molar-refractivity contribution >= 4 is 15.9 Å². The van der Waals surface area contributed by atoms with E-state index in [9.17, 15) is 0 Å². The molecule has 3 aromatic rings. The summed E-state index contributed by atoms with van der Waals surface area (Å²) in [7, 11) is 3.76. The topological polar surface area (TPSA) is 60.6 Å². The largest absolute Gasteiger partial charge is 0.307 e. The predicted octanol–water partition coefficient (Wildman–Crippen LogP) is 2.07. The van der Waals surface area contributed by atoms with Gasteiger partial charge in [0, 0.05) is 13.2 Å². The molecule has 2 aromatic heterocycles. The summed E-state index contributed by atoms with van der Waals surface area (Å²) in [5.74, 6) is 0. The van der Waals surface area contributed by atoms with E-state index in [1.165, 1.54) is 0 Å². The molecule has 0 aliphatic heterocycles. The first-order chi connectivity index (χ1) is 10.2. The Labute approximate surface area is 130 Å². The molecule has 1 atom stereocenters. The van der Waals surface area contributed by atoms with Crippen molar-refractivity contribution < 1.29 is 0 Å². The number of aromatic nitrogens is 5. The van der Waals surface area contributed by atoms with Crippen LogP contribution in [0.5, 0.6) is 0 Å². The smallest absolute Gasteiger partial charge is 0.153 e. The van der Waals surface area contributed by atoms with Crippen LogP contribution in [0.15, 0.2) is 47.2 Å². The monoisotopic (exact) mass is 346 g/mol. The molecule has 108 valence electrons. The molecule has 0 fully saturated rings. The maximum Gasteiger partial charge on any atom is 0.153 e. The highest BCUT2D eigenvalue weighted by Gasteiger charge is 2.22. The Balaban J connectivity index is 1.98. The summed E-state index contributed by atoms with van der Waals surface area (Å²) in [6.07, 6.45) is 1.95. The molecule has 0 aliphatic carbocycles. The Morgan fingerprint density at radius 2 is 1.95 bits per heavy atom. The van der Waals surface area contributed by atoms with Crippen LogP contribution >= 0.6 is 15.9 Å². The van der Waals surface area contributed by atoms with Gasteiger partial charge in [-0.3, -0.25) is 0 Å². The van der Waals surface area contributed by atoms with Crippen LogP contribution in [-0.4, -0.2) is 31.8 Å². The molecule has 0 saturated carbocycles. The molecular weight excluding hydrogens is 332 g/mol. The lowest BCUT2D eigenvalue weighted by molar-refractivity contribution is 0.581. The number of benzene rings is 1. The SMILES string of the molecule is CNC(c1ccn(-c2ccccc2)n1)c1c(Br)nnn1C. The van der Waals surface area contributed by atoms with Gasteiger partial charge in [0.25, 0.3) is 0 Å². The number of para-hydroxylation sites is 1. The van der Waals surface area contributed by atoms with E-state index in [4.69, 9.17) is 0 Å². The van der Waals surface area contributed by atoms with Crippen LogP contribution in [0.2, 0.25) is 0 Å². The third-order valence-corrected chi connectivity index (χ3v) is 3.88. The zero-order chi connectivity index (χ0) is 14.8. The lowest BCUT2D eigenvalue weighted by Crippen LogP contribution is -2.21. The van der Waals surface area contributed by atoms with Crippen molar-refractivity contribution in [2.45, 2.75) is 6.04 Å². The highest BCUT2D eigenvalue weighted by Crippen LogP contribution is 2.25. The van der Waals surface area contributed by atoms with Gasteiger partial charge in [0.2, 0.25) is 0 Å². The van der Waals surface area contributed by atoms with Crippen LogP contribution in [0.3, 0.4) is 0 Å². The van der Waals surface area contributed by atoms with E-state index >= 15 is 0 Å². The average molecular weight is 347 g/mol. The molecule has 0 bridgehead atoms. The summed E-state index contributed by atoms with van der Waals surface area (Å²) in [6.45, 7) is 0. The molecule has 0 saturated heterocycles. The Morgan fingerprint density at radius 3 is 2.57 bits per heavy atom. The van der Waals surface area contributed by atoms with Crippen LogP contribution in [-0.2, 0) is 7.05 Å². The number of hydrogen-bond donors (Lipinski definition) is 1. The highest BCUT2D eigenvalue weighted by atomic mass is 79.9. The van der Waals surface area contributed by atoms with Crippen LogP contribution in [0, 0.1) is 0 Å². The molecule has 0 radical (unpaired) electrons. The second-order valence-corrected chi connectivity index (χ2v) is 5.38. The minimum atomic E-state index is -0.0793. The third kappa shape index (κ3) is 2.62. The summed E-state index contributed by atoms with van der Waals surface area (Å²) >= 11 is 3.44. The van der Waals surface area contributed by atoms with Crippen LogP contribution in [0.1, 0.15) is 17.4 Å². The first kappa shape index (κ1) is 14.0.